The molecule has 0 aliphatic heterocycles. The monoisotopic (exact) mass is 177 g/mol. The van der Waals surface area contributed by atoms with Gasteiger partial charge in [0.25, 0.3) is 0 Å². The van der Waals surface area contributed by atoms with E-state index in [-0.39, 0.29) is 18.8 Å². The minimum atomic E-state index is -0.280. The summed E-state index contributed by atoms with van der Waals surface area (Å²) in [6.45, 7) is 0.707. The maximum Gasteiger partial charge on any atom is 0.0646 e. The zero-order chi connectivity index (χ0) is 9.45. The second-order valence-corrected chi connectivity index (χ2v) is 2.91. The normalized spacial score (nSPS) is 12.0. The smallest absolute Gasteiger partial charge is 0.0646 e. The Kier molecular flexibility index (Phi) is 6.28. The molecular formula is C8H19NO3. The summed E-state index contributed by atoms with van der Waals surface area (Å²) in [5.74, 6) is 0. The number of hydrogen-bond acceptors (Lipinski definition) is 4. The van der Waals surface area contributed by atoms with E-state index in [9.17, 15) is 0 Å². The maximum atomic E-state index is 8.81. The summed E-state index contributed by atoms with van der Waals surface area (Å²) in [7, 11) is 3.42. The van der Waals surface area contributed by atoms with E-state index < -0.39 is 0 Å². The van der Waals surface area contributed by atoms with Crippen molar-refractivity contribution >= 4 is 0 Å². The van der Waals surface area contributed by atoms with E-state index in [2.05, 4.69) is 5.32 Å². The predicted octanol–water partition coefficient (Wildman–Crippen LogP) is -0.644. The fourth-order valence-corrected chi connectivity index (χ4v) is 1.30. The second kappa shape index (κ2) is 6.37. The van der Waals surface area contributed by atoms with E-state index in [1.165, 1.54) is 0 Å². The van der Waals surface area contributed by atoms with E-state index in [0.29, 0.717) is 19.4 Å². The minimum Gasteiger partial charge on any atom is -0.396 e. The van der Waals surface area contributed by atoms with Crippen LogP contribution in [0.3, 0.4) is 0 Å². The quantitative estimate of drug-likeness (QED) is 0.484. The Morgan fingerprint density at radius 1 is 1.25 bits per heavy atom. The average molecular weight is 177 g/mol. The lowest BCUT2D eigenvalue weighted by atomic mass is 9.93. The molecule has 0 aromatic rings. The lowest BCUT2D eigenvalue weighted by molar-refractivity contribution is 0.0735. The first-order valence-electron chi connectivity index (χ1n) is 4.14. The van der Waals surface area contributed by atoms with Gasteiger partial charge in [0.05, 0.1) is 6.61 Å². The Bertz CT molecular complexity index is 91.5. The average Bonchev–Trinajstić information content (AvgIpc) is 2.06. The molecule has 0 atom stereocenters. The molecule has 74 valence electrons. The minimum absolute atomic E-state index is 0.101. The van der Waals surface area contributed by atoms with Crippen molar-refractivity contribution in [3.8, 4) is 0 Å². The number of aliphatic hydroxyl groups excluding tert-OH is 2. The first-order valence-corrected chi connectivity index (χ1v) is 4.14. The van der Waals surface area contributed by atoms with Crippen LogP contribution in [-0.2, 0) is 4.74 Å². The molecule has 0 aliphatic carbocycles. The van der Waals surface area contributed by atoms with Gasteiger partial charge in [-0.3, -0.25) is 0 Å². The molecule has 0 fully saturated rings. The number of hydrogen-bond donors (Lipinski definition) is 3. The van der Waals surface area contributed by atoms with Gasteiger partial charge in [0.1, 0.15) is 0 Å². The second-order valence-electron chi connectivity index (χ2n) is 2.91. The third-order valence-electron chi connectivity index (χ3n) is 2.13. The van der Waals surface area contributed by atoms with Gasteiger partial charge >= 0.3 is 0 Å². The van der Waals surface area contributed by atoms with Crippen LogP contribution >= 0.6 is 0 Å². The highest BCUT2D eigenvalue weighted by molar-refractivity contribution is 4.85. The van der Waals surface area contributed by atoms with Crippen LogP contribution in [0.15, 0.2) is 0 Å². The molecule has 0 bridgehead atoms. The molecule has 0 heterocycles. The first kappa shape index (κ1) is 11.8. The number of ether oxygens (including phenoxy) is 1. The van der Waals surface area contributed by atoms with Crippen molar-refractivity contribution in [3.05, 3.63) is 0 Å². The first-order chi connectivity index (χ1) is 5.74. The lowest BCUT2D eigenvalue weighted by Gasteiger charge is -2.31. The summed E-state index contributed by atoms with van der Waals surface area (Å²) in [4.78, 5) is 0. The van der Waals surface area contributed by atoms with Crippen LogP contribution in [-0.4, -0.2) is 49.7 Å². The van der Waals surface area contributed by atoms with Gasteiger partial charge in [-0.1, -0.05) is 0 Å². The van der Waals surface area contributed by atoms with Crippen LogP contribution in [0, 0.1) is 0 Å². The number of likely N-dealkylation sites (N-methyl/N-ethyl adjacent to an activating group) is 1. The van der Waals surface area contributed by atoms with Crippen molar-refractivity contribution in [2.75, 3.05) is 34.0 Å². The number of aliphatic hydroxyl groups is 2. The maximum absolute atomic E-state index is 8.81. The van der Waals surface area contributed by atoms with Crippen LogP contribution in [0.4, 0.5) is 0 Å². The standard InChI is InChI=1S/C8H19NO3/c1-9-8(3-5-10,4-6-11)7-12-2/h9-11H,3-7H2,1-2H3. The molecule has 0 aliphatic rings. The molecule has 4 nitrogen and oxygen atoms in total. The predicted molar refractivity (Wildman–Crippen MR) is 47.1 cm³/mol. The summed E-state index contributed by atoms with van der Waals surface area (Å²) in [5, 5.41) is 20.7. The molecule has 0 rings (SSSR count). The topological polar surface area (TPSA) is 61.7 Å². The molecule has 0 saturated heterocycles. The molecule has 0 spiro atoms. The van der Waals surface area contributed by atoms with Crippen LogP contribution in [0.1, 0.15) is 12.8 Å². The Hall–Kier alpha value is -0.160. The van der Waals surface area contributed by atoms with Crippen molar-refractivity contribution < 1.29 is 14.9 Å². The molecular weight excluding hydrogens is 158 g/mol. The van der Waals surface area contributed by atoms with Gasteiger partial charge in [0.2, 0.25) is 0 Å². The number of rotatable bonds is 7. The van der Waals surface area contributed by atoms with Crippen LogP contribution in [0.25, 0.3) is 0 Å². The van der Waals surface area contributed by atoms with Crippen LogP contribution in [0.2, 0.25) is 0 Å². The van der Waals surface area contributed by atoms with Crippen LogP contribution < -0.4 is 5.32 Å². The summed E-state index contributed by atoms with van der Waals surface area (Å²) >= 11 is 0. The Morgan fingerprint density at radius 2 is 1.75 bits per heavy atom. The molecule has 3 N–H and O–H groups in total. The van der Waals surface area contributed by atoms with Crippen molar-refractivity contribution in [1.82, 2.24) is 5.32 Å². The van der Waals surface area contributed by atoms with Gasteiger partial charge in [0.15, 0.2) is 0 Å². The van der Waals surface area contributed by atoms with Gasteiger partial charge in [-0.05, 0) is 19.9 Å². The van der Waals surface area contributed by atoms with E-state index in [1.807, 2.05) is 7.05 Å². The molecule has 0 unspecified atom stereocenters. The molecule has 4 heteroatoms. The third kappa shape index (κ3) is 3.49. The van der Waals surface area contributed by atoms with E-state index in [4.69, 9.17) is 14.9 Å². The van der Waals surface area contributed by atoms with Crippen molar-refractivity contribution in [1.29, 1.82) is 0 Å². The summed E-state index contributed by atoms with van der Waals surface area (Å²) in [6, 6.07) is 0. The summed E-state index contributed by atoms with van der Waals surface area (Å²) < 4.78 is 5.02. The Labute approximate surface area is 73.5 Å². The molecule has 0 aromatic carbocycles. The Balaban J connectivity index is 4.06. The molecule has 0 radical (unpaired) electrons. The SMILES string of the molecule is CNC(CCO)(CCO)COC. The highest BCUT2D eigenvalue weighted by Crippen LogP contribution is 2.14. The number of nitrogens with one attached hydrogen (secondary N) is 1. The summed E-state index contributed by atoms with van der Waals surface area (Å²) in [5.41, 5.74) is -0.280. The van der Waals surface area contributed by atoms with Crippen molar-refractivity contribution in [2.45, 2.75) is 18.4 Å². The van der Waals surface area contributed by atoms with Crippen molar-refractivity contribution in [3.63, 3.8) is 0 Å². The van der Waals surface area contributed by atoms with Crippen molar-refractivity contribution in [2.24, 2.45) is 0 Å². The van der Waals surface area contributed by atoms with E-state index in [0.717, 1.165) is 0 Å². The largest absolute Gasteiger partial charge is 0.396 e. The molecule has 0 saturated carbocycles. The highest BCUT2D eigenvalue weighted by Gasteiger charge is 2.26. The molecule has 0 aromatic heterocycles. The third-order valence-corrected chi connectivity index (χ3v) is 2.13. The lowest BCUT2D eigenvalue weighted by Crippen LogP contribution is -2.48. The number of methoxy groups -OCH3 is 1. The Morgan fingerprint density at radius 3 is 2.00 bits per heavy atom. The van der Waals surface area contributed by atoms with Gasteiger partial charge < -0.3 is 20.3 Å². The van der Waals surface area contributed by atoms with E-state index >= 15 is 0 Å². The fraction of sp³-hybridized carbons (Fsp3) is 1.00. The zero-order valence-electron chi connectivity index (χ0n) is 7.84. The van der Waals surface area contributed by atoms with Gasteiger partial charge in [-0.15, -0.1) is 0 Å². The van der Waals surface area contributed by atoms with E-state index in [1.54, 1.807) is 7.11 Å². The van der Waals surface area contributed by atoms with Gasteiger partial charge in [0, 0.05) is 25.9 Å². The van der Waals surface area contributed by atoms with Gasteiger partial charge in [-0.2, -0.15) is 0 Å². The van der Waals surface area contributed by atoms with Gasteiger partial charge in [-0.25, -0.2) is 0 Å². The molecule has 0 amide bonds. The molecule has 12 heavy (non-hydrogen) atoms. The highest BCUT2D eigenvalue weighted by atomic mass is 16.5. The fourth-order valence-electron chi connectivity index (χ4n) is 1.30. The summed E-state index contributed by atoms with van der Waals surface area (Å²) in [6.07, 6.45) is 1.19. The van der Waals surface area contributed by atoms with Crippen LogP contribution in [0.5, 0.6) is 0 Å². The zero-order valence-corrected chi connectivity index (χ0v) is 7.84.